The number of rotatable bonds is 6. The van der Waals surface area contributed by atoms with Gasteiger partial charge in [0.1, 0.15) is 5.65 Å². The van der Waals surface area contributed by atoms with E-state index in [-0.39, 0.29) is 17.3 Å². The van der Waals surface area contributed by atoms with Crippen LogP contribution >= 0.6 is 0 Å². The highest BCUT2D eigenvalue weighted by molar-refractivity contribution is 5.60. The van der Waals surface area contributed by atoms with Crippen LogP contribution in [0.3, 0.4) is 0 Å². The van der Waals surface area contributed by atoms with Gasteiger partial charge in [0.25, 0.3) is 0 Å². The highest BCUT2D eigenvalue weighted by Gasteiger charge is 2.31. The maximum atomic E-state index is 12.4. The molecule has 0 saturated heterocycles. The van der Waals surface area contributed by atoms with Crippen LogP contribution in [0.2, 0.25) is 0 Å². The molecule has 0 aliphatic rings. The molecule has 0 spiro atoms. The van der Waals surface area contributed by atoms with Gasteiger partial charge in [-0.1, -0.05) is 19.9 Å². The van der Waals surface area contributed by atoms with E-state index >= 15 is 0 Å². The zero-order valence-electron chi connectivity index (χ0n) is 14.6. The van der Waals surface area contributed by atoms with Crippen molar-refractivity contribution in [2.45, 2.75) is 26.8 Å². The summed E-state index contributed by atoms with van der Waals surface area (Å²) >= 11 is 0. The van der Waals surface area contributed by atoms with Gasteiger partial charge in [-0.15, -0.1) is 0 Å². The summed E-state index contributed by atoms with van der Waals surface area (Å²) in [6.45, 7) is 6.83. The quantitative estimate of drug-likeness (QED) is 0.642. The minimum absolute atomic E-state index is 0.00975. The Hall–Kier alpha value is -2.48. The van der Waals surface area contributed by atoms with Gasteiger partial charge in [0.2, 0.25) is 5.82 Å². The highest BCUT2D eigenvalue weighted by atomic mass is 16.6. The Bertz CT molecular complexity index is 813. The molecule has 0 aromatic carbocycles. The minimum atomic E-state index is -0.689. The molecule has 2 aromatic heterocycles. The second-order valence-corrected chi connectivity index (χ2v) is 6.89. The van der Waals surface area contributed by atoms with E-state index in [0.717, 1.165) is 6.54 Å². The number of aromatic nitrogens is 2. The van der Waals surface area contributed by atoms with Gasteiger partial charge in [-0.05, 0) is 38.6 Å². The van der Waals surface area contributed by atoms with Crippen LogP contribution in [-0.2, 0) is 0 Å². The fourth-order valence-corrected chi connectivity index (χ4v) is 2.70. The number of nitrogens with one attached hydrogen (secondary N) is 1. The predicted molar refractivity (Wildman–Crippen MR) is 93.5 cm³/mol. The lowest BCUT2D eigenvalue weighted by molar-refractivity contribution is -0.385. The summed E-state index contributed by atoms with van der Waals surface area (Å²) in [6.07, 6.45) is 1.47. The third kappa shape index (κ3) is 3.53. The van der Waals surface area contributed by atoms with Gasteiger partial charge in [-0.3, -0.25) is 19.3 Å². The molecule has 130 valence electrons. The molecule has 0 bridgehead atoms. The summed E-state index contributed by atoms with van der Waals surface area (Å²) in [5.41, 5.74) is -1.04. The van der Waals surface area contributed by atoms with Crippen molar-refractivity contribution >= 4 is 17.2 Å². The van der Waals surface area contributed by atoms with Gasteiger partial charge in [0.15, 0.2) is 0 Å². The molecule has 0 unspecified atom stereocenters. The third-order valence-electron chi connectivity index (χ3n) is 4.14. The summed E-state index contributed by atoms with van der Waals surface area (Å²) in [6, 6.07) is 4.88. The summed E-state index contributed by atoms with van der Waals surface area (Å²) in [7, 11) is 3.94. The fourth-order valence-electron chi connectivity index (χ4n) is 2.70. The van der Waals surface area contributed by atoms with E-state index in [2.05, 4.69) is 29.0 Å². The zero-order chi connectivity index (χ0) is 18.1. The van der Waals surface area contributed by atoms with E-state index in [1.807, 2.05) is 21.0 Å². The standard InChI is InChI=1S/C16H23N5O3/c1-11(16(2,3)10-19(4)5)17-14-13(21(23)24)15(22)20-9-7-6-8-12(20)18-14/h6-9,11,17H,10H2,1-5H3/t11-/m1/s1. The molecular formula is C16H23N5O3. The molecule has 2 aromatic rings. The summed E-state index contributed by atoms with van der Waals surface area (Å²) in [5.74, 6) is 0.00975. The average molecular weight is 333 g/mol. The van der Waals surface area contributed by atoms with E-state index in [9.17, 15) is 14.9 Å². The van der Waals surface area contributed by atoms with Gasteiger partial charge in [0.05, 0.1) is 4.92 Å². The van der Waals surface area contributed by atoms with Crippen LogP contribution in [-0.4, -0.2) is 45.9 Å². The molecule has 0 amide bonds. The molecule has 2 heterocycles. The van der Waals surface area contributed by atoms with Gasteiger partial charge in [0, 0.05) is 18.8 Å². The van der Waals surface area contributed by atoms with Crippen LogP contribution in [0.4, 0.5) is 11.5 Å². The largest absolute Gasteiger partial charge is 0.376 e. The van der Waals surface area contributed by atoms with E-state index in [4.69, 9.17) is 0 Å². The molecule has 1 N–H and O–H groups in total. The number of anilines is 1. The normalized spacial score (nSPS) is 13.2. The first-order chi connectivity index (χ1) is 11.1. The number of nitrogens with zero attached hydrogens (tertiary/aromatic N) is 4. The molecule has 0 radical (unpaired) electrons. The maximum absolute atomic E-state index is 12.4. The lowest BCUT2D eigenvalue weighted by atomic mass is 9.85. The van der Waals surface area contributed by atoms with Crippen molar-refractivity contribution in [3.05, 3.63) is 44.9 Å². The number of fused-ring (bicyclic) bond motifs is 1. The van der Waals surface area contributed by atoms with Gasteiger partial charge in [-0.25, -0.2) is 4.98 Å². The summed E-state index contributed by atoms with van der Waals surface area (Å²) < 4.78 is 1.18. The molecule has 0 saturated carbocycles. The maximum Gasteiger partial charge on any atom is 0.376 e. The smallest absolute Gasteiger partial charge is 0.361 e. The van der Waals surface area contributed by atoms with Gasteiger partial charge >= 0.3 is 11.2 Å². The molecule has 0 aliphatic carbocycles. The molecule has 8 heteroatoms. The monoisotopic (exact) mass is 333 g/mol. The number of hydrogen-bond acceptors (Lipinski definition) is 6. The topological polar surface area (TPSA) is 92.8 Å². The van der Waals surface area contributed by atoms with E-state index in [1.165, 1.54) is 10.6 Å². The molecule has 2 rings (SSSR count). The number of nitro groups is 1. The van der Waals surface area contributed by atoms with E-state index < -0.39 is 16.2 Å². The van der Waals surface area contributed by atoms with Gasteiger partial charge in [-0.2, -0.15) is 0 Å². The Morgan fingerprint density at radius 2 is 2.08 bits per heavy atom. The second-order valence-electron chi connectivity index (χ2n) is 6.89. The van der Waals surface area contributed by atoms with E-state index in [1.54, 1.807) is 18.2 Å². The van der Waals surface area contributed by atoms with E-state index in [0.29, 0.717) is 5.65 Å². The van der Waals surface area contributed by atoms with Crippen molar-refractivity contribution < 1.29 is 4.92 Å². The molecule has 1 atom stereocenters. The van der Waals surface area contributed by atoms with Crippen molar-refractivity contribution in [2.75, 3.05) is 26.0 Å². The molecule has 0 fully saturated rings. The molecule has 8 nitrogen and oxygen atoms in total. The first-order valence-electron chi connectivity index (χ1n) is 7.70. The zero-order valence-corrected chi connectivity index (χ0v) is 14.6. The minimum Gasteiger partial charge on any atom is -0.361 e. The number of hydrogen-bond donors (Lipinski definition) is 1. The lowest BCUT2D eigenvalue weighted by Crippen LogP contribution is -2.41. The highest BCUT2D eigenvalue weighted by Crippen LogP contribution is 2.27. The van der Waals surface area contributed by atoms with Crippen molar-refractivity contribution in [3.63, 3.8) is 0 Å². The molecule has 0 aliphatic heterocycles. The second kappa shape index (κ2) is 6.56. The fraction of sp³-hybridized carbons (Fsp3) is 0.500. The first kappa shape index (κ1) is 17.9. The van der Waals surface area contributed by atoms with Gasteiger partial charge < -0.3 is 10.2 Å². The van der Waals surface area contributed by atoms with Crippen LogP contribution < -0.4 is 10.9 Å². The third-order valence-corrected chi connectivity index (χ3v) is 4.14. The van der Waals surface area contributed by atoms with Crippen LogP contribution in [0.25, 0.3) is 5.65 Å². The Kier molecular flexibility index (Phi) is 4.88. The Morgan fingerprint density at radius 1 is 1.42 bits per heavy atom. The molecule has 24 heavy (non-hydrogen) atoms. The lowest BCUT2D eigenvalue weighted by Gasteiger charge is -2.35. The Labute approximate surface area is 140 Å². The Balaban J connectivity index is 2.50. The molecular weight excluding hydrogens is 310 g/mol. The van der Waals surface area contributed by atoms with Crippen LogP contribution in [0.1, 0.15) is 20.8 Å². The summed E-state index contributed by atoms with van der Waals surface area (Å²) in [4.78, 5) is 29.5. The van der Waals surface area contributed by atoms with Crippen molar-refractivity contribution in [2.24, 2.45) is 5.41 Å². The summed E-state index contributed by atoms with van der Waals surface area (Å²) in [5, 5.41) is 14.5. The SMILES string of the molecule is C[C@@H](Nc1nc2ccccn2c(=O)c1[N+](=O)[O-])C(C)(C)CN(C)C. The van der Waals surface area contributed by atoms with Crippen molar-refractivity contribution in [1.29, 1.82) is 0 Å². The van der Waals surface area contributed by atoms with Crippen LogP contribution in [0.5, 0.6) is 0 Å². The predicted octanol–water partition coefficient (Wildman–Crippen LogP) is 1.99. The average Bonchev–Trinajstić information content (AvgIpc) is 2.45. The Morgan fingerprint density at radius 3 is 2.67 bits per heavy atom. The van der Waals surface area contributed by atoms with Crippen molar-refractivity contribution in [1.82, 2.24) is 14.3 Å². The number of pyridine rings is 1. The van der Waals surface area contributed by atoms with Crippen LogP contribution in [0, 0.1) is 15.5 Å². The van der Waals surface area contributed by atoms with Crippen LogP contribution in [0.15, 0.2) is 29.2 Å². The van der Waals surface area contributed by atoms with Crippen molar-refractivity contribution in [3.8, 4) is 0 Å². The first-order valence-corrected chi connectivity index (χ1v) is 7.70.